The van der Waals surface area contributed by atoms with Gasteiger partial charge in [0.05, 0.1) is 17.8 Å². The summed E-state index contributed by atoms with van der Waals surface area (Å²) >= 11 is 0. The van der Waals surface area contributed by atoms with Gasteiger partial charge in [-0.2, -0.15) is 10.4 Å². The summed E-state index contributed by atoms with van der Waals surface area (Å²) in [6, 6.07) is 11.4. The van der Waals surface area contributed by atoms with Crippen LogP contribution in [-0.2, 0) is 18.3 Å². The number of ether oxygens (including phenoxy) is 1. The third kappa shape index (κ3) is 5.80. The van der Waals surface area contributed by atoms with E-state index in [0.717, 1.165) is 23.1 Å². The molecule has 0 spiro atoms. The van der Waals surface area contributed by atoms with Crippen LogP contribution in [0.15, 0.2) is 61.6 Å². The molecule has 1 amide bonds. The molecule has 1 aromatic carbocycles. The van der Waals surface area contributed by atoms with Crippen molar-refractivity contribution in [2.24, 2.45) is 7.05 Å². The number of nitrogens with one attached hydrogen (secondary N) is 2. The van der Waals surface area contributed by atoms with Crippen LogP contribution in [0, 0.1) is 11.3 Å². The lowest BCUT2D eigenvalue weighted by molar-refractivity contribution is -0.123. The highest BCUT2D eigenvalue weighted by Crippen LogP contribution is 2.31. The molecule has 4 rings (SSSR count). The van der Waals surface area contributed by atoms with E-state index in [2.05, 4.69) is 33.4 Å². The predicted molar refractivity (Wildman–Crippen MR) is 123 cm³/mol. The van der Waals surface area contributed by atoms with Crippen molar-refractivity contribution >= 4 is 11.6 Å². The number of hydrogen-bond acceptors (Lipinski definition) is 6. The van der Waals surface area contributed by atoms with Gasteiger partial charge in [0.15, 0.2) is 6.10 Å². The van der Waals surface area contributed by atoms with Crippen molar-refractivity contribution in [2.75, 3.05) is 18.4 Å². The summed E-state index contributed by atoms with van der Waals surface area (Å²) in [5.74, 6) is 0.213. The number of fused-ring (bicyclic) bond motifs is 1. The molecule has 2 N–H and O–H groups in total. The van der Waals surface area contributed by atoms with E-state index in [1.165, 1.54) is 0 Å². The SMILES string of the molecule is C=CC.Cn1cc(-c2cnc3c(c2)NC(=O)C(CNCCc2ccc(C#N)cc2)O3)cn1. The minimum absolute atomic E-state index is 0.200. The van der Waals surface area contributed by atoms with Crippen LogP contribution >= 0.6 is 0 Å². The third-order valence-corrected chi connectivity index (χ3v) is 4.70. The summed E-state index contributed by atoms with van der Waals surface area (Å²) in [5, 5.41) is 19.1. The van der Waals surface area contributed by atoms with Crippen LogP contribution in [-0.4, -0.2) is 39.9 Å². The number of aromatic nitrogens is 3. The zero-order chi connectivity index (χ0) is 22.9. The van der Waals surface area contributed by atoms with Gasteiger partial charge >= 0.3 is 0 Å². The van der Waals surface area contributed by atoms with Gasteiger partial charge in [0, 0.05) is 37.1 Å². The van der Waals surface area contributed by atoms with Crippen LogP contribution in [0.25, 0.3) is 11.1 Å². The van der Waals surface area contributed by atoms with Gasteiger partial charge < -0.3 is 15.4 Å². The summed E-state index contributed by atoms with van der Waals surface area (Å²) in [6.07, 6.45) is 7.25. The van der Waals surface area contributed by atoms with E-state index in [1.54, 1.807) is 35.3 Å². The van der Waals surface area contributed by atoms with Crippen molar-refractivity contribution in [3.05, 3.63) is 72.7 Å². The fraction of sp³-hybridized carbons (Fsp3) is 0.250. The van der Waals surface area contributed by atoms with Crippen LogP contribution in [0.5, 0.6) is 5.88 Å². The smallest absolute Gasteiger partial charge is 0.267 e. The summed E-state index contributed by atoms with van der Waals surface area (Å²) in [5.41, 5.74) is 4.11. The number of amides is 1. The van der Waals surface area contributed by atoms with Crippen molar-refractivity contribution in [1.82, 2.24) is 20.1 Å². The highest BCUT2D eigenvalue weighted by molar-refractivity contribution is 5.98. The molecule has 0 radical (unpaired) electrons. The Morgan fingerprint density at radius 1 is 1.31 bits per heavy atom. The average Bonchev–Trinajstić information content (AvgIpc) is 3.24. The Bertz CT molecular complexity index is 1110. The maximum absolute atomic E-state index is 12.4. The lowest BCUT2D eigenvalue weighted by atomic mass is 10.1. The second-order valence-corrected chi connectivity index (χ2v) is 7.25. The topological polar surface area (TPSA) is 105 Å². The zero-order valence-corrected chi connectivity index (χ0v) is 18.2. The molecule has 0 fully saturated rings. The zero-order valence-electron chi connectivity index (χ0n) is 18.2. The Morgan fingerprint density at radius 2 is 2.06 bits per heavy atom. The maximum Gasteiger partial charge on any atom is 0.267 e. The number of benzene rings is 1. The molecule has 164 valence electrons. The van der Waals surface area contributed by atoms with Crippen molar-refractivity contribution in [3.8, 4) is 23.1 Å². The molecule has 0 aliphatic carbocycles. The van der Waals surface area contributed by atoms with Crippen LogP contribution in [0.4, 0.5) is 5.69 Å². The Morgan fingerprint density at radius 3 is 2.72 bits per heavy atom. The number of nitrogens with zero attached hydrogens (tertiary/aromatic N) is 4. The molecule has 32 heavy (non-hydrogen) atoms. The van der Waals surface area contributed by atoms with E-state index in [1.807, 2.05) is 38.4 Å². The predicted octanol–water partition coefficient (Wildman–Crippen LogP) is 3.08. The molecule has 1 atom stereocenters. The molecule has 0 saturated carbocycles. The quantitative estimate of drug-likeness (QED) is 0.460. The number of allylic oxidation sites excluding steroid dienone is 1. The van der Waals surface area contributed by atoms with Crippen molar-refractivity contribution < 1.29 is 9.53 Å². The van der Waals surface area contributed by atoms with Crippen LogP contribution < -0.4 is 15.4 Å². The molecule has 3 heterocycles. The Kier molecular flexibility index (Phi) is 7.73. The molecule has 3 aromatic rings. The number of carbonyl (C=O) groups excluding carboxylic acids is 1. The first-order valence-corrected chi connectivity index (χ1v) is 10.3. The van der Waals surface area contributed by atoms with Gasteiger partial charge in [-0.15, -0.1) is 6.58 Å². The molecular formula is C24H26N6O2. The summed E-state index contributed by atoms with van der Waals surface area (Å²) in [4.78, 5) is 16.7. The Hall–Kier alpha value is -3.96. The largest absolute Gasteiger partial charge is 0.461 e. The third-order valence-electron chi connectivity index (χ3n) is 4.70. The summed E-state index contributed by atoms with van der Waals surface area (Å²) < 4.78 is 7.49. The van der Waals surface area contributed by atoms with Gasteiger partial charge in [0.1, 0.15) is 5.69 Å². The maximum atomic E-state index is 12.4. The number of carbonyl (C=O) groups is 1. The molecule has 0 saturated heterocycles. The highest BCUT2D eigenvalue weighted by atomic mass is 16.5. The lowest BCUT2D eigenvalue weighted by Crippen LogP contribution is -2.44. The van der Waals surface area contributed by atoms with E-state index in [-0.39, 0.29) is 5.91 Å². The number of hydrogen-bond donors (Lipinski definition) is 2. The number of aryl methyl sites for hydroxylation is 1. The number of rotatable bonds is 6. The number of anilines is 1. The molecule has 1 aliphatic rings. The van der Waals surface area contributed by atoms with Gasteiger partial charge in [-0.05, 0) is 43.7 Å². The van der Waals surface area contributed by atoms with Crippen LogP contribution in [0.3, 0.4) is 0 Å². The minimum Gasteiger partial charge on any atom is -0.461 e. The fourth-order valence-corrected chi connectivity index (χ4v) is 3.11. The molecule has 0 bridgehead atoms. The molecule has 1 aliphatic heterocycles. The molecule has 1 unspecified atom stereocenters. The van der Waals surface area contributed by atoms with Crippen molar-refractivity contribution in [3.63, 3.8) is 0 Å². The average molecular weight is 431 g/mol. The van der Waals surface area contributed by atoms with Crippen molar-refractivity contribution in [1.29, 1.82) is 5.26 Å². The summed E-state index contributed by atoms with van der Waals surface area (Å²) in [6.45, 7) is 6.33. The minimum atomic E-state index is -0.639. The first-order valence-electron chi connectivity index (χ1n) is 10.3. The van der Waals surface area contributed by atoms with E-state index >= 15 is 0 Å². The van der Waals surface area contributed by atoms with Gasteiger partial charge in [0.25, 0.3) is 5.91 Å². The van der Waals surface area contributed by atoms with Gasteiger partial charge in [0.2, 0.25) is 5.88 Å². The van der Waals surface area contributed by atoms with Crippen molar-refractivity contribution in [2.45, 2.75) is 19.4 Å². The van der Waals surface area contributed by atoms with E-state index in [4.69, 9.17) is 10.00 Å². The second kappa shape index (κ2) is 10.9. The lowest BCUT2D eigenvalue weighted by Gasteiger charge is -2.25. The Balaban J connectivity index is 0.000000913. The molecule has 2 aromatic heterocycles. The van der Waals surface area contributed by atoms with E-state index in [0.29, 0.717) is 30.2 Å². The first-order chi connectivity index (χ1) is 15.5. The van der Waals surface area contributed by atoms with E-state index in [9.17, 15) is 4.79 Å². The van der Waals surface area contributed by atoms with Gasteiger partial charge in [-0.3, -0.25) is 9.48 Å². The fourth-order valence-electron chi connectivity index (χ4n) is 3.11. The second-order valence-electron chi connectivity index (χ2n) is 7.25. The standard InChI is InChI=1S/C21H20N6O2.C3H6/c1-27-13-17(11-25-27)16-8-18-21(24-10-16)29-19(20(28)26-18)12-23-7-6-14-2-4-15(9-22)5-3-14;1-3-2/h2-5,8,10-11,13,19,23H,6-7,12H2,1H3,(H,26,28);3H,1H2,2H3. The number of nitriles is 1. The first kappa shape index (κ1) is 22.7. The molecular weight excluding hydrogens is 404 g/mol. The van der Waals surface area contributed by atoms with Gasteiger partial charge in [-0.1, -0.05) is 18.2 Å². The van der Waals surface area contributed by atoms with E-state index < -0.39 is 6.10 Å². The molecule has 8 nitrogen and oxygen atoms in total. The monoisotopic (exact) mass is 430 g/mol. The van der Waals surface area contributed by atoms with Crippen LogP contribution in [0.1, 0.15) is 18.1 Å². The van der Waals surface area contributed by atoms with Gasteiger partial charge in [-0.25, -0.2) is 4.98 Å². The number of pyridine rings is 1. The highest BCUT2D eigenvalue weighted by Gasteiger charge is 2.28. The normalized spacial score (nSPS) is 14.2. The molecule has 8 heteroatoms. The van der Waals surface area contributed by atoms with Crippen LogP contribution in [0.2, 0.25) is 0 Å². The Labute approximate surface area is 187 Å². The summed E-state index contributed by atoms with van der Waals surface area (Å²) in [7, 11) is 1.85.